The SMILES string of the molecule is CNC(=O)/C=C/c1cc(O)c(-c2ccc(N(C3CC3)C3C[C@]4(C)CCC[C@](C)(C3)N4)nn2)cc1F. The largest absolute Gasteiger partial charge is 0.507 e. The number of likely N-dealkylation sites (N-methyl/N-ethyl adjacent to an activating group) is 1. The summed E-state index contributed by atoms with van der Waals surface area (Å²) in [4.78, 5) is 13.9. The first-order valence-electron chi connectivity index (χ1n) is 12.5. The van der Waals surface area contributed by atoms with Crippen molar-refractivity contribution < 1.29 is 14.3 Å². The van der Waals surface area contributed by atoms with Gasteiger partial charge in [-0.25, -0.2) is 4.39 Å². The molecule has 3 heterocycles. The number of hydrogen-bond acceptors (Lipinski definition) is 6. The molecule has 35 heavy (non-hydrogen) atoms. The minimum atomic E-state index is -0.550. The molecule has 1 unspecified atom stereocenters. The van der Waals surface area contributed by atoms with Gasteiger partial charge in [0.05, 0.1) is 5.69 Å². The van der Waals surface area contributed by atoms with Crippen LogP contribution in [0.25, 0.3) is 17.3 Å². The van der Waals surface area contributed by atoms with Gasteiger partial charge in [-0.05, 0) is 89.1 Å². The highest BCUT2D eigenvalue weighted by molar-refractivity contribution is 5.91. The van der Waals surface area contributed by atoms with Crippen molar-refractivity contribution in [2.24, 2.45) is 0 Å². The predicted octanol–water partition coefficient (Wildman–Crippen LogP) is 4.17. The number of anilines is 1. The summed E-state index contributed by atoms with van der Waals surface area (Å²) in [5.74, 6) is -0.171. The van der Waals surface area contributed by atoms with E-state index in [2.05, 4.69) is 39.6 Å². The van der Waals surface area contributed by atoms with Gasteiger partial charge in [0.2, 0.25) is 5.91 Å². The maximum atomic E-state index is 14.7. The number of carbonyl (C=O) groups is 1. The van der Waals surface area contributed by atoms with Gasteiger partial charge in [-0.2, -0.15) is 0 Å². The quantitative estimate of drug-likeness (QED) is 0.539. The monoisotopic (exact) mass is 479 g/mol. The Morgan fingerprint density at radius 2 is 1.89 bits per heavy atom. The molecule has 1 saturated carbocycles. The number of aromatic hydroxyl groups is 1. The minimum absolute atomic E-state index is 0.115. The summed E-state index contributed by atoms with van der Waals surface area (Å²) in [6.45, 7) is 4.70. The van der Waals surface area contributed by atoms with Crippen LogP contribution >= 0.6 is 0 Å². The molecule has 8 heteroatoms. The number of carbonyl (C=O) groups excluding carboxylic acids is 1. The molecular formula is C27H34FN5O2. The smallest absolute Gasteiger partial charge is 0.243 e. The average Bonchev–Trinajstić information content (AvgIpc) is 3.63. The number of halogens is 1. The Labute approximate surface area is 205 Å². The Morgan fingerprint density at radius 1 is 1.17 bits per heavy atom. The Hall–Kier alpha value is -3.00. The van der Waals surface area contributed by atoms with Gasteiger partial charge in [0.1, 0.15) is 11.6 Å². The average molecular weight is 480 g/mol. The second kappa shape index (κ2) is 8.90. The van der Waals surface area contributed by atoms with Crippen molar-refractivity contribution in [3.63, 3.8) is 0 Å². The summed E-state index contributed by atoms with van der Waals surface area (Å²) in [6.07, 6.45) is 10.7. The van der Waals surface area contributed by atoms with Gasteiger partial charge >= 0.3 is 0 Å². The molecule has 186 valence electrons. The van der Waals surface area contributed by atoms with Crippen LogP contribution in [0.3, 0.4) is 0 Å². The Bertz CT molecular complexity index is 1130. The van der Waals surface area contributed by atoms with E-state index >= 15 is 0 Å². The minimum Gasteiger partial charge on any atom is -0.507 e. The van der Waals surface area contributed by atoms with Crippen molar-refractivity contribution in [2.45, 2.75) is 82.0 Å². The summed E-state index contributed by atoms with van der Waals surface area (Å²) < 4.78 is 14.7. The Morgan fingerprint density at radius 3 is 2.49 bits per heavy atom. The molecule has 7 nitrogen and oxygen atoms in total. The first-order valence-corrected chi connectivity index (χ1v) is 12.5. The lowest BCUT2D eigenvalue weighted by Crippen LogP contribution is -2.67. The zero-order valence-corrected chi connectivity index (χ0v) is 20.6. The van der Waals surface area contributed by atoms with Gasteiger partial charge in [-0.15, -0.1) is 10.2 Å². The van der Waals surface area contributed by atoms with Crippen molar-refractivity contribution in [3.8, 4) is 17.0 Å². The van der Waals surface area contributed by atoms with E-state index in [4.69, 9.17) is 0 Å². The van der Waals surface area contributed by atoms with Crippen molar-refractivity contribution in [1.29, 1.82) is 0 Å². The number of benzene rings is 1. The Kier molecular flexibility index (Phi) is 6.03. The zero-order chi connectivity index (χ0) is 24.8. The van der Waals surface area contributed by atoms with Crippen LogP contribution in [0.1, 0.15) is 64.4 Å². The molecule has 0 radical (unpaired) electrons. The molecule has 3 aliphatic rings. The van der Waals surface area contributed by atoms with Crippen LogP contribution < -0.4 is 15.5 Å². The number of nitrogens with zero attached hydrogens (tertiary/aromatic N) is 3. The van der Waals surface area contributed by atoms with Crippen LogP contribution in [-0.2, 0) is 4.79 Å². The van der Waals surface area contributed by atoms with Gasteiger partial charge in [-0.1, -0.05) is 0 Å². The van der Waals surface area contributed by atoms with Gasteiger partial charge in [0, 0.05) is 47.4 Å². The third-order valence-corrected chi connectivity index (χ3v) is 7.73. The molecule has 5 rings (SSSR count). The van der Waals surface area contributed by atoms with E-state index in [-0.39, 0.29) is 33.9 Å². The maximum Gasteiger partial charge on any atom is 0.243 e. The molecule has 2 bridgehead atoms. The maximum absolute atomic E-state index is 14.7. The molecule has 2 aromatic rings. The third kappa shape index (κ3) is 4.89. The van der Waals surface area contributed by atoms with Gasteiger partial charge in [-0.3, -0.25) is 4.79 Å². The summed E-state index contributed by atoms with van der Waals surface area (Å²) in [6, 6.07) is 7.17. The Balaban J connectivity index is 1.40. The van der Waals surface area contributed by atoms with Gasteiger partial charge in [0.15, 0.2) is 5.82 Å². The van der Waals surface area contributed by atoms with Crippen molar-refractivity contribution in [2.75, 3.05) is 11.9 Å². The summed E-state index contributed by atoms with van der Waals surface area (Å²) in [7, 11) is 1.49. The van der Waals surface area contributed by atoms with Crippen molar-refractivity contribution in [3.05, 3.63) is 41.7 Å². The van der Waals surface area contributed by atoms with Crippen LogP contribution in [0.5, 0.6) is 5.75 Å². The number of nitrogens with one attached hydrogen (secondary N) is 2. The van der Waals surface area contributed by atoms with Crippen LogP contribution in [0, 0.1) is 5.82 Å². The van der Waals surface area contributed by atoms with E-state index in [1.54, 1.807) is 6.07 Å². The van der Waals surface area contributed by atoms with Crippen LogP contribution in [0.15, 0.2) is 30.3 Å². The van der Waals surface area contributed by atoms with E-state index in [0.29, 0.717) is 17.8 Å². The third-order valence-electron chi connectivity index (χ3n) is 7.73. The molecule has 1 amide bonds. The summed E-state index contributed by atoms with van der Waals surface area (Å²) in [5, 5.41) is 25.8. The lowest BCUT2D eigenvalue weighted by Gasteiger charge is -2.55. The highest BCUT2D eigenvalue weighted by Gasteiger charge is 2.49. The number of piperidine rings is 2. The first-order chi connectivity index (χ1) is 16.7. The van der Waals surface area contributed by atoms with E-state index in [9.17, 15) is 14.3 Å². The van der Waals surface area contributed by atoms with E-state index in [1.165, 1.54) is 50.6 Å². The standard InChI is InChI=1S/C27H34FN5O2/c1-26-11-4-12-27(2,32-26)16-19(15-26)33(18-6-7-18)24-9-8-22(30-31-24)20-14-21(28)17(13-23(20)34)5-10-25(35)29-3/h5,8-10,13-14,18-19,32,34H,4,6-7,11-12,15-16H2,1-3H3,(H,29,35)/b10-5+/t19?,26-,27+. The number of rotatable bonds is 6. The predicted molar refractivity (Wildman–Crippen MR) is 135 cm³/mol. The van der Waals surface area contributed by atoms with E-state index in [0.717, 1.165) is 31.5 Å². The number of fused-ring (bicyclic) bond motifs is 2. The molecule has 1 aromatic heterocycles. The number of amides is 1. The first kappa shape index (κ1) is 23.7. The normalized spacial score (nSPS) is 28.2. The molecule has 0 spiro atoms. The molecule has 3 fully saturated rings. The van der Waals surface area contributed by atoms with Crippen molar-refractivity contribution in [1.82, 2.24) is 20.8 Å². The second-order valence-electron chi connectivity index (χ2n) is 10.9. The molecule has 3 N–H and O–H groups in total. The molecule has 3 atom stereocenters. The fourth-order valence-corrected chi connectivity index (χ4v) is 6.13. The van der Waals surface area contributed by atoms with Gasteiger partial charge in [0.25, 0.3) is 0 Å². The lowest BCUT2D eigenvalue weighted by molar-refractivity contribution is -0.115. The topological polar surface area (TPSA) is 90.4 Å². The second-order valence-corrected chi connectivity index (χ2v) is 10.9. The number of aromatic nitrogens is 2. The molecule has 2 aliphatic heterocycles. The van der Waals surface area contributed by atoms with Crippen molar-refractivity contribution >= 4 is 17.8 Å². The number of hydrogen-bond donors (Lipinski definition) is 3. The van der Waals surface area contributed by atoms with E-state index < -0.39 is 5.82 Å². The molecule has 2 saturated heterocycles. The number of phenolic OH excluding ortho intramolecular Hbond substituents is 1. The fraction of sp³-hybridized carbons (Fsp3) is 0.519. The summed E-state index contributed by atoms with van der Waals surface area (Å²) >= 11 is 0. The summed E-state index contributed by atoms with van der Waals surface area (Å²) in [5.41, 5.74) is 1.09. The lowest BCUT2D eigenvalue weighted by atomic mass is 9.69. The highest BCUT2D eigenvalue weighted by atomic mass is 19.1. The molecular weight excluding hydrogens is 445 g/mol. The van der Waals surface area contributed by atoms with Crippen LogP contribution in [-0.4, -0.2) is 51.4 Å². The van der Waals surface area contributed by atoms with Crippen LogP contribution in [0.4, 0.5) is 10.2 Å². The fourth-order valence-electron chi connectivity index (χ4n) is 6.13. The molecule has 1 aromatic carbocycles. The molecule has 1 aliphatic carbocycles. The van der Waals surface area contributed by atoms with Gasteiger partial charge < -0.3 is 20.6 Å². The number of phenols is 1. The highest BCUT2D eigenvalue weighted by Crippen LogP contribution is 2.45. The van der Waals surface area contributed by atoms with E-state index in [1.807, 2.05) is 6.07 Å². The zero-order valence-electron chi connectivity index (χ0n) is 20.6. The van der Waals surface area contributed by atoms with Crippen LogP contribution in [0.2, 0.25) is 0 Å².